The lowest BCUT2D eigenvalue weighted by molar-refractivity contribution is 0.345. The molecule has 0 unspecified atom stereocenters. The molecule has 0 saturated heterocycles. The van der Waals surface area contributed by atoms with E-state index in [1.165, 1.54) is 33.4 Å². The summed E-state index contributed by atoms with van der Waals surface area (Å²) in [4.78, 5) is 0. The standard InChI is InChI=1S/C32H30Br2O2/c1-23-3-7-25(8-4-23)31(27-11-15-29(16-12-27)35-21-19-33)32(26-9-5-24(2)6-10-26)28-13-17-30(18-14-28)36-22-20-34/h3-18H,19-22H2,1-2H3/b32-31-. The highest BCUT2D eigenvalue weighted by Gasteiger charge is 2.17. The van der Waals surface area contributed by atoms with Gasteiger partial charge in [0.05, 0.1) is 13.2 Å². The van der Waals surface area contributed by atoms with Gasteiger partial charge in [-0.1, -0.05) is 116 Å². The Morgan fingerprint density at radius 3 is 1.03 bits per heavy atom. The average molecular weight is 606 g/mol. The minimum atomic E-state index is 0.637. The fraction of sp³-hybridized carbons (Fsp3) is 0.188. The molecule has 0 aliphatic carbocycles. The molecule has 0 heterocycles. The highest BCUT2D eigenvalue weighted by atomic mass is 79.9. The second-order valence-electron chi connectivity index (χ2n) is 8.61. The van der Waals surface area contributed by atoms with E-state index in [-0.39, 0.29) is 0 Å². The lowest BCUT2D eigenvalue weighted by Crippen LogP contribution is -2.00. The Balaban J connectivity index is 1.93. The van der Waals surface area contributed by atoms with E-state index in [0.717, 1.165) is 33.3 Å². The van der Waals surface area contributed by atoms with Gasteiger partial charge in [0.1, 0.15) is 11.5 Å². The van der Waals surface area contributed by atoms with Crippen LogP contribution in [0.15, 0.2) is 97.1 Å². The van der Waals surface area contributed by atoms with Crippen LogP contribution < -0.4 is 9.47 Å². The van der Waals surface area contributed by atoms with Crippen LogP contribution in [0.3, 0.4) is 0 Å². The number of hydrogen-bond donors (Lipinski definition) is 0. The van der Waals surface area contributed by atoms with Gasteiger partial charge in [0, 0.05) is 10.7 Å². The second kappa shape index (κ2) is 12.9. The molecular formula is C32H30Br2O2. The summed E-state index contributed by atoms with van der Waals surface area (Å²) < 4.78 is 11.6. The first kappa shape index (κ1) is 26.2. The molecule has 184 valence electrons. The lowest BCUT2D eigenvalue weighted by atomic mass is 9.85. The number of halogens is 2. The van der Waals surface area contributed by atoms with E-state index in [0.29, 0.717) is 13.2 Å². The number of benzene rings is 4. The van der Waals surface area contributed by atoms with Gasteiger partial charge in [-0.15, -0.1) is 0 Å². The number of alkyl halides is 2. The summed E-state index contributed by atoms with van der Waals surface area (Å²) in [6, 6.07) is 34.4. The number of rotatable bonds is 10. The SMILES string of the molecule is Cc1ccc(/C(=C(\c2ccc(C)cc2)c2ccc(OCCBr)cc2)c2ccc(OCCBr)cc2)cc1. The van der Waals surface area contributed by atoms with Crippen molar-refractivity contribution in [3.8, 4) is 11.5 Å². The fourth-order valence-corrected chi connectivity index (χ4v) is 4.42. The van der Waals surface area contributed by atoms with E-state index < -0.39 is 0 Å². The molecule has 4 rings (SSSR count). The van der Waals surface area contributed by atoms with E-state index >= 15 is 0 Å². The van der Waals surface area contributed by atoms with Crippen LogP contribution in [0.1, 0.15) is 33.4 Å². The van der Waals surface area contributed by atoms with Crippen molar-refractivity contribution in [2.75, 3.05) is 23.9 Å². The van der Waals surface area contributed by atoms with Crippen molar-refractivity contribution < 1.29 is 9.47 Å². The average Bonchev–Trinajstić information content (AvgIpc) is 2.91. The van der Waals surface area contributed by atoms with Crippen molar-refractivity contribution in [2.45, 2.75) is 13.8 Å². The minimum Gasteiger partial charge on any atom is -0.493 e. The van der Waals surface area contributed by atoms with E-state index in [4.69, 9.17) is 9.47 Å². The van der Waals surface area contributed by atoms with Gasteiger partial charge in [-0.25, -0.2) is 0 Å². The summed E-state index contributed by atoms with van der Waals surface area (Å²) in [7, 11) is 0. The Kier molecular flexibility index (Phi) is 9.43. The predicted octanol–water partition coefficient (Wildman–Crippen LogP) is 8.86. The third-order valence-corrected chi connectivity index (χ3v) is 6.56. The zero-order valence-electron chi connectivity index (χ0n) is 20.6. The Morgan fingerprint density at radius 2 is 0.750 bits per heavy atom. The van der Waals surface area contributed by atoms with Crippen LogP contribution >= 0.6 is 31.9 Å². The molecule has 0 saturated carbocycles. The van der Waals surface area contributed by atoms with Gasteiger partial charge >= 0.3 is 0 Å². The summed E-state index contributed by atoms with van der Waals surface area (Å²) >= 11 is 6.86. The maximum absolute atomic E-state index is 5.82. The first-order chi connectivity index (χ1) is 17.6. The topological polar surface area (TPSA) is 18.5 Å². The zero-order valence-corrected chi connectivity index (χ0v) is 23.8. The largest absolute Gasteiger partial charge is 0.493 e. The van der Waals surface area contributed by atoms with Crippen molar-refractivity contribution in [3.05, 3.63) is 130 Å². The molecule has 4 heteroatoms. The molecule has 0 radical (unpaired) electrons. The Labute approximate surface area is 231 Å². The molecule has 0 aromatic heterocycles. The van der Waals surface area contributed by atoms with E-state index in [9.17, 15) is 0 Å². The number of aryl methyl sites for hydroxylation is 2. The van der Waals surface area contributed by atoms with E-state index in [1.807, 2.05) is 0 Å². The van der Waals surface area contributed by atoms with Crippen molar-refractivity contribution in [3.63, 3.8) is 0 Å². The molecule has 2 nitrogen and oxygen atoms in total. The molecule has 0 aliphatic rings. The van der Waals surface area contributed by atoms with Gasteiger partial charge in [-0.05, 0) is 71.5 Å². The molecule has 0 amide bonds. The Bertz CT molecular complexity index is 1170. The van der Waals surface area contributed by atoms with Crippen molar-refractivity contribution in [1.82, 2.24) is 0 Å². The summed E-state index contributed by atoms with van der Waals surface area (Å²) in [5, 5.41) is 1.60. The van der Waals surface area contributed by atoms with Gasteiger partial charge in [-0.2, -0.15) is 0 Å². The molecule has 4 aromatic rings. The van der Waals surface area contributed by atoms with Crippen LogP contribution in [0.25, 0.3) is 11.1 Å². The van der Waals surface area contributed by atoms with Crippen LogP contribution in [0.2, 0.25) is 0 Å². The van der Waals surface area contributed by atoms with Crippen molar-refractivity contribution in [1.29, 1.82) is 0 Å². The smallest absolute Gasteiger partial charge is 0.119 e. The second-order valence-corrected chi connectivity index (χ2v) is 10.2. The van der Waals surface area contributed by atoms with Gasteiger partial charge in [-0.3, -0.25) is 0 Å². The van der Waals surface area contributed by atoms with Gasteiger partial charge < -0.3 is 9.47 Å². The maximum atomic E-state index is 5.82. The van der Waals surface area contributed by atoms with Crippen LogP contribution in [0, 0.1) is 13.8 Å². The van der Waals surface area contributed by atoms with Gasteiger partial charge in [0.25, 0.3) is 0 Å². The maximum Gasteiger partial charge on any atom is 0.119 e. The Hall–Kier alpha value is -2.82. The molecule has 0 fully saturated rings. The van der Waals surface area contributed by atoms with E-state index in [2.05, 4.69) is 143 Å². The highest BCUT2D eigenvalue weighted by molar-refractivity contribution is 9.09. The quantitative estimate of drug-likeness (QED) is 0.133. The Morgan fingerprint density at radius 1 is 0.472 bits per heavy atom. The molecule has 36 heavy (non-hydrogen) atoms. The third-order valence-electron chi connectivity index (χ3n) is 5.91. The molecule has 0 N–H and O–H groups in total. The molecule has 4 aromatic carbocycles. The third kappa shape index (κ3) is 6.68. The normalized spacial score (nSPS) is 11.7. The number of ether oxygens (including phenoxy) is 2. The zero-order chi connectivity index (χ0) is 25.3. The summed E-state index contributed by atoms with van der Waals surface area (Å²) in [5.41, 5.74) is 9.46. The summed E-state index contributed by atoms with van der Waals surface area (Å²) in [5.74, 6) is 1.73. The van der Waals surface area contributed by atoms with Crippen LogP contribution in [-0.2, 0) is 0 Å². The van der Waals surface area contributed by atoms with Crippen LogP contribution in [0.5, 0.6) is 11.5 Å². The minimum absolute atomic E-state index is 0.637. The highest BCUT2D eigenvalue weighted by Crippen LogP contribution is 2.38. The first-order valence-corrected chi connectivity index (χ1v) is 14.3. The molecular weight excluding hydrogens is 576 g/mol. The number of hydrogen-bond acceptors (Lipinski definition) is 2. The first-order valence-electron chi connectivity index (χ1n) is 12.1. The molecule has 0 atom stereocenters. The summed E-state index contributed by atoms with van der Waals surface area (Å²) in [6.07, 6.45) is 0. The molecule has 0 bridgehead atoms. The van der Waals surface area contributed by atoms with Crippen LogP contribution in [-0.4, -0.2) is 23.9 Å². The predicted molar refractivity (Wildman–Crippen MR) is 159 cm³/mol. The lowest BCUT2D eigenvalue weighted by Gasteiger charge is -2.19. The molecule has 0 spiro atoms. The van der Waals surface area contributed by atoms with Gasteiger partial charge in [0.15, 0.2) is 0 Å². The monoisotopic (exact) mass is 604 g/mol. The van der Waals surface area contributed by atoms with E-state index in [1.54, 1.807) is 0 Å². The fourth-order valence-electron chi connectivity index (χ4n) is 4.10. The van der Waals surface area contributed by atoms with Crippen molar-refractivity contribution in [2.24, 2.45) is 0 Å². The van der Waals surface area contributed by atoms with Gasteiger partial charge in [0.2, 0.25) is 0 Å². The summed E-state index contributed by atoms with van der Waals surface area (Å²) in [6.45, 7) is 5.52. The van der Waals surface area contributed by atoms with Crippen LogP contribution in [0.4, 0.5) is 0 Å². The molecule has 0 aliphatic heterocycles. The van der Waals surface area contributed by atoms with Crippen molar-refractivity contribution >= 4 is 43.0 Å².